The van der Waals surface area contributed by atoms with Gasteiger partial charge in [-0.1, -0.05) is 5.16 Å². The minimum atomic E-state index is -0.0629. The molecule has 0 bridgehead atoms. The quantitative estimate of drug-likeness (QED) is 0.691. The standard InChI is InChI=1S/C18H19N7O2/c26-18(14-9-15(27-22-14)13-1-2-13)24-7-5-23(6-8-24)16-10-17(21-11-20-16)25-4-3-19-12-25/h3-4,9-13H,1-2,5-8H2. The molecular formula is C18H19N7O2. The zero-order valence-corrected chi connectivity index (χ0v) is 14.7. The lowest BCUT2D eigenvalue weighted by Crippen LogP contribution is -2.49. The van der Waals surface area contributed by atoms with Gasteiger partial charge in [0.05, 0.1) is 0 Å². The Morgan fingerprint density at radius 3 is 2.63 bits per heavy atom. The Balaban J connectivity index is 1.24. The average molecular weight is 365 g/mol. The molecule has 4 heterocycles. The minimum absolute atomic E-state index is 0.0629. The number of carbonyl (C=O) groups is 1. The highest BCUT2D eigenvalue weighted by atomic mass is 16.5. The van der Waals surface area contributed by atoms with E-state index in [2.05, 4.69) is 25.0 Å². The maximum Gasteiger partial charge on any atom is 0.276 e. The van der Waals surface area contributed by atoms with Gasteiger partial charge in [-0.3, -0.25) is 9.36 Å². The molecule has 1 aliphatic carbocycles. The van der Waals surface area contributed by atoms with E-state index in [0.29, 0.717) is 37.8 Å². The first-order valence-corrected chi connectivity index (χ1v) is 9.09. The third-order valence-corrected chi connectivity index (χ3v) is 5.03. The van der Waals surface area contributed by atoms with Crippen molar-refractivity contribution in [2.24, 2.45) is 0 Å². The van der Waals surface area contributed by atoms with Gasteiger partial charge in [0.1, 0.15) is 30.1 Å². The van der Waals surface area contributed by atoms with Crippen molar-refractivity contribution < 1.29 is 9.32 Å². The van der Waals surface area contributed by atoms with Crippen LogP contribution in [-0.2, 0) is 0 Å². The molecule has 0 N–H and O–H groups in total. The number of imidazole rings is 1. The molecule has 1 saturated heterocycles. The lowest BCUT2D eigenvalue weighted by molar-refractivity contribution is 0.0736. The van der Waals surface area contributed by atoms with Crippen molar-refractivity contribution in [3.8, 4) is 5.82 Å². The molecule has 0 spiro atoms. The van der Waals surface area contributed by atoms with Gasteiger partial charge >= 0.3 is 0 Å². The summed E-state index contributed by atoms with van der Waals surface area (Å²) in [7, 11) is 0. The van der Waals surface area contributed by atoms with Crippen molar-refractivity contribution in [2.45, 2.75) is 18.8 Å². The van der Waals surface area contributed by atoms with Crippen molar-refractivity contribution >= 4 is 11.7 Å². The second kappa shape index (κ2) is 6.49. The maximum atomic E-state index is 12.7. The molecule has 0 unspecified atom stereocenters. The van der Waals surface area contributed by atoms with Gasteiger partial charge in [-0.25, -0.2) is 15.0 Å². The van der Waals surface area contributed by atoms with Crippen LogP contribution < -0.4 is 4.90 Å². The Bertz CT molecular complexity index is 940. The second-order valence-corrected chi connectivity index (χ2v) is 6.87. The summed E-state index contributed by atoms with van der Waals surface area (Å²) in [5, 5.41) is 3.96. The zero-order valence-electron chi connectivity index (χ0n) is 14.7. The molecule has 0 aromatic carbocycles. The van der Waals surface area contributed by atoms with Crippen LogP contribution in [0.4, 0.5) is 5.82 Å². The van der Waals surface area contributed by atoms with Crippen LogP contribution in [0.3, 0.4) is 0 Å². The lowest BCUT2D eigenvalue weighted by Gasteiger charge is -2.35. The summed E-state index contributed by atoms with van der Waals surface area (Å²) in [5.41, 5.74) is 0.412. The number of carbonyl (C=O) groups excluding carboxylic acids is 1. The number of aromatic nitrogens is 5. The highest BCUT2D eigenvalue weighted by molar-refractivity contribution is 5.92. The number of rotatable bonds is 4. The van der Waals surface area contributed by atoms with Gasteiger partial charge in [-0.2, -0.15) is 0 Å². The molecule has 1 saturated carbocycles. The van der Waals surface area contributed by atoms with Gasteiger partial charge < -0.3 is 14.3 Å². The van der Waals surface area contributed by atoms with E-state index in [1.807, 2.05) is 21.7 Å². The van der Waals surface area contributed by atoms with E-state index < -0.39 is 0 Å². The van der Waals surface area contributed by atoms with Crippen molar-refractivity contribution in [2.75, 3.05) is 31.1 Å². The smallest absolute Gasteiger partial charge is 0.276 e. The average Bonchev–Trinajstić information content (AvgIpc) is 3.22. The third kappa shape index (κ3) is 3.16. The number of nitrogens with zero attached hydrogens (tertiary/aromatic N) is 7. The highest BCUT2D eigenvalue weighted by Gasteiger charge is 2.30. The van der Waals surface area contributed by atoms with E-state index in [1.165, 1.54) is 0 Å². The molecule has 1 aliphatic heterocycles. The van der Waals surface area contributed by atoms with Gasteiger partial charge in [-0.05, 0) is 12.8 Å². The van der Waals surface area contributed by atoms with E-state index >= 15 is 0 Å². The molecule has 3 aromatic heterocycles. The Kier molecular flexibility index (Phi) is 3.84. The van der Waals surface area contributed by atoms with Crippen molar-refractivity contribution in [3.05, 3.63) is 48.6 Å². The molecule has 138 valence electrons. The number of anilines is 1. The Hall–Kier alpha value is -3.23. The van der Waals surface area contributed by atoms with Crippen LogP contribution in [0.1, 0.15) is 35.0 Å². The summed E-state index contributed by atoms with van der Waals surface area (Å²) in [6.07, 6.45) is 9.07. The SMILES string of the molecule is O=C(c1cc(C2CC2)on1)N1CCN(c2cc(-n3ccnc3)ncn2)CC1. The van der Waals surface area contributed by atoms with Gasteiger partial charge in [0, 0.05) is 56.6 Å². The second-order valence-electron chi connectivity index (χ2n) is 6.87. The van der Waals surface area contributed by atoms with Crippen LogP contribution in [0.2, 0.25) is 0 Å². The fourth-order valence-electron chi connectivity index (χ4n) is 3.30. The molecule has 2 aliphatic rings. The van der Waals surface area contributed by atoms with Crippen LogP contribution >= 0.6 is 0 Å². The van der Waals surface area contributed by atoms with E-state index in [0.717, 1.165) is 30.2 Å². The van der Waals surface area contributed by atoms with Crippen molar-refractivity contribution in [3.63, 3.8) is 0 Å². The Labute approximate surface area is 155 Å². The predicted octanol–water partition coefficient (Wildman–Crippen LogP) is 1.49. The molecule has 0 radical (unpaired) electrons. The fourth-order valence-corrected chi connectivity index (χ4v) is 3.30. The molecule has 2 fully saturated rings. The molecule has 27 heavy (non-hydrogen) atoms. The molecule has 5 rings (SSSR count). The Morgan fingerprint density at radius 1 is 1.07 bits per heavy atom. The summed E-state index contributed by atoms with van der Waals surface area (Å²) in [4.78, 5) is 29.3. The van der Waals surface area contributed by atoms with E-state index in [9.17, 15) is 4.79 Å². The van der Waals surface area contributed by atoms with Gasteiger partial charge in [0.2, 0.25) is 0 Å². The highest BCUT2D eigenvalue weighted by Crippen LogP contribution is 2.40. The largest absolute Gasteiger partial charge is 0.360 e. The topological polar surface area (TPSA) is 93.2 Å². The van der Waals surface area contributed by atoms with Crippen LogP contribution in [-0.4, -0.2) is 61.7 Å². The first-order chi connectivity index (χ1) is 13.3. The first-order valence-electron chi connectivity index (χ1n) is 9.09. The van der Waals surface area contributed by atoms with Crippen molar-refractivity contribution in [1.82, 2.24) is 29.6 Å². The minimum Gasteiger partial charge on any atom is -0.360 e. The molecule has 9 heteroatoms. The molecule has 0 atom stereocenters. The normalized spacial score (nSPS) is 17.3. The van der Waals surface area contributed by atoms with Gasteiger partial charge in [-0.15, -0.1) is 0 Å². The summed E-state index contributed by atoms with van der Waals surface area (Å²) in [6.45, 7) is 2.66. The number of amides is 1. The summed E-state index contributed by atoms with van der Waals surface area (Å²) < 4.78 is 7.15. The van der Waals surface area contributed by atoms with Crippen molar-refractivity contribution in [1.29, 1.82) is 0 Å². The van der Waals surface area contributed by atoms with E-state index in [4.69, 9.17) is 4.52 Å². The third-order valence-electron chi connectivity index (χ3n) is 5.03. The summed E-state index contributed by atoms with van der Waals surface area (Å²) >= 11 is 0. The van der Waals surface area contributed by atoms with Crippen LogP contribution in [0.25, 0.3) is 5.82 Å². The van der Waals surface area contributed by atoms with Crippen LogP contribution in [0, 0.1) is 0 Å². The fraction of sp³-hybridized carbons (Fsp3) is 0.389. The van der Waals surface area contributed by atoms with Gasteiger partial charge in [0.25, 0.3) is 5.91 Å². The molecule has 9 nitrogen and oxygen atoms in total. The zero-order chi connectivity index (χ0) is 18.2. The first kappa shape index (κ1) is 16.0. The molecule has 3 aromatic rings. The lowest BCUT2D eigenvalue weighted by atomic mass is 10.2. The van der Waals surface area contributed by atoms with Crippen LogP contribution in [0.15, 0.2) is 41.7 Å². The van der Waals surface area contributed by atoms with Crippen LogP contribution in [0.5, 0.6) is 0 Å². The summed E-state index contributed by atoms with van der Waals surface area (Å²) in [5.74, 6) is 2.85. The van der Waals surface area contributed by atoms with Gasteiger partial charge in [0.15, 0.2) is 5.69 Å². The molecule has 1 amide bonds. The van der Waals surface area contributed by atoms with E-state index in [1.54, 1.807) is 24.9 Å². The monoisotopic (exact) mass is 365 g/mol. The van der Waals surface area contributed by atoms with E-state index in [-0.39, 0.29) is 5.91 Å². The maximum absolute atomic E-state index is 12.7. The predicted molar refractivity (Wildman–Crippen MR) is 95.7 cm³/mol. The molecular weight excluding hydrogens is 346 g/mol. The number of hydrogen-bond acceptors (Lipinski definition) is 7. The summed E-state index contributed by atoms with van der Waals surface area (Å²) in [6, 6.07) is 3.73. The number of piperazine rings is 1. The number of hydrogen-bond donors (Lipinski definition) is 0. The Morgan fingerprint density at radius 2 is 1.89 bits per heavy atom.